The predicted molar refractivity (Wildman–Crippen MR) is 67.0 cm³/mol. The monoisotopic (exact) mass is 328 g/mol. The molecule has 1 rings (SSSR count). The van der Waals surface area contributed by atoms with Crippen LogP contribution >= 0.6 is 0 Å². The van der Waals surface area contributed by atoms with Gasteiger partial charge in [-0.25, -0.2) is 13.6 Å². The van der Waals surface area contributed by atoms with Crippen LogP contribution in [0.25, 0.3) is 0 Å². The Balaban J connectivity index is 3.27. The number of hydrogen-bond acceptors (Lipinski definition) is 4. The van der Waals surface area contributed by atoms with Crippen LogP contribution in [0.4, 0.5) is 13.2 Å². The zero-order valence-corrected chi connectivity index (χ0v) is 12.2. The molecule has 11 heteroatoms. The number of hydrogen-bond donors (Lipinski definition) is 2. The molecular formula is C10H15F3N4O3S. The second-order valence-electron chi connectivity index (χ2n) is 4.21. The van der Waals surface area contributed by atoms with E-state index in [1.165, 1.54) is 6.92 Å². The third-order valence-corrected chi connectivity index (χ3v) is 3.68. The van der Waals surface area contributed by atoms with E-state index in [0.29, 0.717) is 4.90 Å². The van der Waals surface area contributed by atoms with E-state index < -0.39 is 39.2 Å². The Morgan fingerprint density at radius 2 is 1.95 bits per heavy atom. The van der Waals surface area contributed by atoms with Crippen molar-refractivity contribution in [1.82, 2.24) is 15.1 Å². The summed E-state index contributed by atoms with van der Waals surface area (Å²) in [6.07, 6.45) is -4.42. The standard InChI is InChI=1S/C10H15F3N4O3S/c1-3-6-8(21(14,19)20)7(16-15-6)9(18)17(4-2)5-10(11,12)13/h3-5H2,1-2H3,(H,15,16)(H2,14,19,20). The van der Waals surface area contributed by atoms with Crippen LogP contribution in [-0.4, -0.2) is 48.7 Å². The van der Waals surface area contributed by atoms with Crippen LogP contribution in [-0.2, 0) is 16.4 Å². The lowest BCUT2D eigenvalue weighted by atomic mass is 10.2. The molecule has 0 unspecified atom stereocenters. The van der Waals surface area contributed by atoms with Gasteiger partial charge < -0.3 is 4.90 Å². The van der Waals surface area contributed by atoms with Gasteiger partial charge in [0.15, 0.2) is 5.69 Å². The van der Waals surface area contributed by atoms with Crippen LogP contribution in [0.5, 0.6) is 0 Å². The Morgan fingerprint density at radius 1 is 1.38 bits per heavy atom. The zero-order valence-electron chi connectivity index (χ0n) is 11.4. The number of alkyl halides is 3. The molecule has 0 aliphatic heterocycles. The van der Waals surface area contributed by atoms with Gasteiger partial charge in [0, 0.05) is 6.54 Å². The third-order valence-electron chi connectivity index (χ3n) is 2.67. The Bertz CT molecular complexity index is 624. The van der Waals surface area contributed by atoms with Crippen molar-refractivity contribution in [2.24, 2.45) is 5.14 Å². The molecule has 120 valence electrons. The van der Waals surface area contributed by atoms with Crippen LogP contribution in [0, 0.1) is 0 Å². The number of nitrogens with one attached hydrogen (secondary N) is 1. The smallest absolute Gasteiger partial charge is 0.328 e. The minimum atomic E-state index is -4.60. The normalized spacial score (nSPS) is 12.5. The van der Waals surface area contributed by atoms with E-state index in [2.05, 4.69) is 10.2 Å². The molecule has 0 aliphatic rings. The number of nitrogens with zero attached hydrogens (tertiary/aromatic N) is 2. The number of sulfonamides is 1. The van der Waals surface area contributed by atoms with Crippen molar-refractivity contribution >= 4 is 15.9 Å². The lowest BCUT2D eigenvalue weighted by molar-refractivity contribution is -0.140. The molecule has 0 aromatic carbocycles. The van der Waals surface area contributed by atoms with Crippen molar-refractivity contribution in [3.05, 3.63) is 11.4 Å². The van der Waals surface area contributed by atoms with Gasteiger partial charge in [0.25, 0.3) is 5.91 Å². The lowest BCUT2D eigenvalue weighted by Crippen LogP contribution is -2.39. The first-order valence-electron chi connectivity index (χ1n) is 5.97. The second kappa shape index (κ2) is 6.02. The first kappa shape index (κ1) is 17.4. The van der Waals surface area contributed by atoms with Crippen LogP contribution in [0.2, 0.25) is 0 Å². The highest BCUT2D eigenvalue weighted by atomic mass is 32.2. The molecule has 0 aliphatic carbocycles. The molecule has 3 N–H and O–H groups in total. The molecule has 1 heterocycles. The molecule has 0 fully saturated rings. The quantitative estimate of drug-likeness (QED) is 0.826. The Hall–Kier alpha value is -1.62. The first-order chi connectivity index (χ1) is 9.51. The summed E-state index contributed by atoms with van der Waals surface area (Å²) < 4.78 is 60.3. The fraction of sp³-hybridized carbons (Fsp3) is 0.600. The number of nitrogens with two attached hydrogens (primary N) is 1. The van der Waals surface area contributed by atoms with Crippen LogP contribution in [0.15, 0.2) is 4.90 Å². The largest absolute Gasteiger partial charge is 0.406 e. The third kappa shape index (κ3) is 4.17. The molecule has 1 amide bonds. The van der Waals surface area contributed by atoms with Gasteiger partial charge in [-0.1, -0.05) is 6.92 Å². The van der Waals surface area contributed by atoms with Crippen molar-refractivity contribution < 1.29 is 26.4 Å². The number of aromatic amines is 1. The van der Waals surface area contributed by atoms with Crippen molar-refractivity contribution in [2.45, 2.75) is 31.3 Å². The molecule has 0 radical (unpaired) electrons. The summed E-state index contributed by atoms with van der Waals surface area (Å²) in [5.74, 6) is -1.14. The van der Waals surface area contributed by atoms with Gasteiger partial charge in [-0.15, -0.1) is 0 Å². The molecule has 1 aromatic heterocycles. The predicted octanol–water partition coefficient (Wildman–Crippen LogP) is 0.644. The van der Waals surface area contributed by atoms with E-state index in [0.717, 1.165) is 0 Å². The maximum Gasteiger partial charge on any atom is 0.406 e. The molecule has 0 atom stereocenters. The Morgan fingerprint density at radius 3 is 2.33 bits per heavy atom. The summed E-state index contributed by atoms with van der Waals surface area (Å²) in [5.41, 5.74) is -0.552. The average Bonchev–Trinajstić information content (AvgIpc) is 2.77. The number of amides is 1. The van der Waals surface area contributed by atoms with Gasteiger partial charge in [-0.2, -0.15) is 18.3 Å². The summed E-state index contributed by atoms with van der Waals surface area (Å²) in [4.78, 5) is 12.0. The highest BCUT2D eigenvalue weighted by Crippen LogP contribution is 2.22. The molecule has 0 spiro atoms. The summed E-state index contributed by atoms with van der Waals surface area (Å²) in [6, 6.07) is 0. The molecule has 21 heavy (non-hydrogen) atoms. The number of H-pyrrole nitrogens is 1. The van der Waals surface area contributed by atoms with Crippen molar-refractivity contribution in [3.8, 4) is 0 Å². The van der Waals surface area contributed by atoms with E-state index in [-0.39, 0.29) is 18.7 Å². The molecule has 7 nitrogen and oxygen atoms in total. The lowest BCUT2D eigenvalue weighted by Gasteiger charge is -2.21. The molecule has 0 saturated heterocycles. The van der Waals surface area contributed by atoms with Gasteiger partial charge >= 0.3 is 6.18 Å². The maximum absolute atomic E-state index is 12.4. The molecule has 1 aromatic rings. The Kier molecular flexibility index (Phi) is 4.99. The first-order valence-corrected chi connectivity index (χ1v) is 7.52. The topological polar surface area (TPSA) is 109 Å². The van der Waals surface area contributed by atoms with Crippen molar-refractivity contribution in [3.63, 3.8) is 0 Å². The minimum Gasteiger partial charge on any atom is -0.328 e. The molecular weight excluding hydrogens is 313 g/mol. The van der Waals surface area contributed by atoms with E-state index >= 15 is 0 Å². The number of halogens is 3. The second-order valence-corrected chi connectivity index (χ2v) is 5.71. The van der Waals surface area contributed by atoms with Gasteiger partial charge in [0.05, 0.1) is 5.69 Å². The summed E-state index contributed by atoms with van der Waals surface area (Å²) >= 11 is 0. The number of primary sulfonamides is 1. The van der Waals surface area contributed by atoms with E-state index in [1.807, 2.05) is 0 Å². The highest BCUT2D eigenvalue weighted by molar-refractivity contribution is 7.89. The highest BCUT2D eigenvalue weighted by Gasteiger charge is 2.35. The molecule has 0 bridgehead atoms. The number of aryl methyl sites for hydroxylation is 1. The van der Waals surface area contributed by atoms with Crippen LogP contribution in [0.3, 0.4) is 0 Å². The van der Waals surface area contributed by atoms with E-state index in [9.17, 15) is 26.4 Å². The number of carbonyl (C=O) groups is 1. The van der Waals surface area contributed by atoms with Crippen LogP contribution in [0.1, 0.15) is 30.0 Å². The molecule has 0 saturated carbocycles. The van der Waals surface area contributed by atoms with Crippen molar-refractivity contribution in [2.75, 3.05) is 13.1 Å². The van der Waals surface area contributed by atoms with Crippen LogP contribution < -0.4 is 5.14 Å². The minimum absolute atomic E-state index is 0.0731. The van der Waals surface area contributed by atoms with Gasteiger partial charge in [0.1, 0.15) is 11.4 Å². The van der Waals surface area contributed by atoms with E-state index in [4.69, 9.17) is 5.14 Å². The fourth-order valence-corrected chi connectivity index (χ4v) is 2.69. The average molecular weight is 328 g/mol. The summed E-state index contributed by atoms with van der Waals surface area (Å²) in [7, 11) is -4.29. The number of aromatic nitrogens is 2. The summed E-state index contributed by atoms with van der Waals surface area (Å²) in [5, 5.41) is 10.8. The zero-order chi connectivity index (χ0) is 16.4. The summed E-state index contributed by atoms with van der Waals surface area (Å²) in [6.45, 7) is 1.18. The van der Waals surface area contributed by atoms with E-state index in [1.54, 1.807) is 6.92 Å². The SMILES string of the molecule is CCc1[nH]nc(C(=O)N(CC)CC(F)(F)F)c1S(N)(=O)=O. The Labute approximate surface area is 119 Å². The van der Waals surface area contributed by atoms with Gasteiger partial charge in [-0.3, -0.25) is 9.89 Å². The number of carbonyl (C=O) groups excluding carboxylic acids is 1. The van der Waals surface area contributed by atoms with Gasteiger partial charge in [0.2, 0.25) is 10.0 Å². The number of rotatable bonds is 5. The maximum atomic E-state index is 12.4. The van der Waals surface area contributed by atoms with Crippen molar-refractivity contribution in [1.29, 1.82) is 0 Å². The fourth-order valence-electron chi connectivity index (χ4n) is 1.75. The van der Waals surface area contributed by atoms with Gasteiger partial charge in [-0.05, 0) is 13.3 Å².